The summed E-state index contributed by atoms with van der Waals surface area (Å²) in [4.78, 5) is 11.2. The van der Waals surface area contributed by atoms with Crippen molar-refractivity contribution in [3.05, 3.63) is 22.2 Å². The monoisotopic (exact) mass is 387 g/mol. The van der Waals surface area contributed by atoms with Crippen LogP contribution in [-0.4, -0.2) is 32.8 Å². The maximum Gasteiger partial charge on any atom is 0.408 e. The number of alkyl carbamates (subject to hydrolysis) is 1. The van der Waals surface area contributed by atoms with Gasteiger partial charge in [-0.3, -0.25) is 0 Å². The van der Waals surface area contributed by atoms with E-state index in [9.17, 15) is 13.6 Å². The first-order valence-electron chi connectivity index (χ1n) is 5.61. The van der Waals surface area contributed by atoms with E-state index in [2.05, 4.69) is 26.0 Å². The molecule has 1 aromatic rings. The summed E-state index contributed by atoms with van der Waals surface area (Å²) in [5.41, 5.74) is 0.120. The van der Waals surface area contributed by atoms with Crippen LogP contribution in [0.25, 0.3) is 0 Å². The molecule has 1 aromatic carbocycles. The second-order valence-corrected chi connectivity index (χ2v) is 5.00. The molecule has 1 saturated heterocycles. The molecule has 5 nitrogen and oxygen atoms in total. The lowest BCUT2D eigenvalue weighted by molar-refractivity contribution is -0.104. The van der Waals surface area contributed by atoms with Crippen LogP contribution < -0.4 is 14.8 Å². The molecule has 0 aliphatic carbocycles. The van der Waals surface area contributed by atoms with E-state index in [1.165, 1.54) is 26.4 Å². The predicted octanol–water partition coefficient (Wildman–Crippen LogP) is 3.30. The molecule has 0 saturated carbocycles. The van der Waals surface area contributed by atoms with Gasteiger partial charge in [-0.15, -0.1) is 12.4 Å². The molecule has 1 N–H and O–H groups in total. The number of hydrogen-bond acceptors (Lipinski definition) is 4. The summed E-state index contributed by atoms with van der Waals surface area (Å²) >= 11 is 3.24. The van der Waals surface area contributed by atoms with Crippen molar-refractivity contribution >= 4 is 34.4 Å². The van der Waals surface area contributed by atoms with Gasteiger partial charge in [-0.2, -0.15) is 0 Å². The van der Waals surface area contributed by atoms with E-state index in [0.717, 1.165) is 0 Å². The SMILES string of the molecule is COc1cc([C@@H]2NC(=O)OCC2(F)F)c(OC)cc1Br.Cl. The third-order valence-electron chi connectivity index (χ3n) is 2.90. The van der Waals surface area contributed by atoms with E-state index in [1.807, 2.05) is 0 Å². The average Bonchev–Trinajstić information content (AvgIpc) is 2.41. The van der Waals surface area contributed by atoms with Gasteiger partial charge in [-0.25, -0.2) is 13.6 Å². The number of methoxy groups -OCH3 is 2. The first-order valence-corrected chi connectivity index (χ1v) is 6.41. The van der Waals surface area contributed by atoms with Crippen LogP contribution in [0.2, 0.25) is 0 Å². The first-order chi connectivity index (χ1) is 9.39. The Labute approximate surface area is 134 Å². The highest BCUT2D eigenvalue weighted by Gasteiger charge is 2.48. The number of alkyl halides is 2. The van der Waals surface area contributed by atoms with Crippen molar-refractivity contribution in [1.82, 2.24) is 5.32 Å². The predicted molar refractivity (Wildman–Crippen MR) is 76.7 cm³/mol. The molecule has 0 bridgehead atoms. The number of amides is 1. The summed E-state index contributed by atoms with van der Waals surface area (Å²) < 4.78 is 42.9. The summed E-state index contributed by atoms with van der Waals surface area (Å²) in [6.45, 7) is -0.981. The van der Waals surface area contributed by atoms with Crippen LogP contribution in [-0.2, 0) is 4.74 Å². The lowest BCUT2D eigenvalue weighted by Crippen LogP contribution is -2.49. The fourth-order valence-electron chi connectivity index (χ4n) is 1.93. The van der Waals surface area contributed by atoms with Crippen molar-refractivity contribution in [2.24, 2.45) is 0 Å². The largest absolute Gasteiger partial charge is 0.496 e. The van der Waals surface area contributed by atoms with Crippen molar-refractivity contribution < 1.29 is 27.8 Å². The number of cyclic esters (lactones) is 1. The lowest BCUT2D eigenvalue weighted by Gasteiger charge is -2.32. The van der Waals surface area contributed by atoms with Gasteiger partial charge >= 0.3 is 12.0 Å². The first kappa shape index (κ1) is 17.8. The Balaban J connectivity index is 0.00000220. The fraction of sp³-hybridized carbons (Fsp3) is 0.417. The van der Waals surface area contributed by atoms with Crippen molar-refractivity contribution in [3.8, 4) is 11.5 Å². The Bertz CT molecular complexity index is 544. The van der Waals surface area contributed by atoms with Crippen LogP contribution >= 0.6 is 28.3 Å². The summed E-state index contributed by atoms with van der Waals surface area (Å²) in [6.07, 6.45) is -0.898. The molecule has 118 valence electrons. The summed E-state index contributed by atoms with van der Waals surface area (Å²) in [5, 5.41) is 2.11. The van der Waals surface area contributed by atoms with Crippen molar-refractivity contribution in [1.29, 1.82) is 0 Å². The van der Waals surface area contributed by atoms with Gasteiger partial charge in [0.2, 0.25) is 0 Å². The molecule has 1 amide bonds. The molecule has 1 fully saturated rings. The standard InChI is InChI=1S/C12H12BrF2NO4.ClH/c1-18-8-4-7(13)9(19-2)3-6(8)10-12(14,15)5-20-11(17)16-10;/h3-4,10H,5H2,1-2H3,(H,16,17);1H/t10-;/m0./s1. The molecular formula is C12H13BrClF2NO4. The molecule has 0 aromatic heterocycles. The molecular weight excluding hydrogens is 375 g/mol. The fourth-order valence-corrected chi connectivity index (χ4v) is 2.41. The van der Waals surface area contributed by atoms with Crippen LogP contribution in [0.1, 0.15) is 11.6 Å². The molecule has 1 atom stereocenters. The molecule has 21 heavy (non-hydrogen) atoms. The zero-order valence-electron chi connectivity index (χ0n) is 11.1. The van der Waals surface area contributed by atoms with Crippen molar-refractivity contribution in [2.45, 2.75) is 12.0 Å². The number of ether oxygens (including phenoxy) is 3. The number of nitrogens with one attached hydrogen (secondary N) is 1. The second-order valence-electron chi connectivity index (χ2n) is 4.14. The maximum absolute atomic E-state index is 13.9. The van der Waals surface area contributed by atoms with Crippen LogP contribution in [0.15, 0.2) is 16.6 Å². The molecule has 0 unspecified atom stereocenters. The van der Waals surface area contributed by atoms with Crippen molar-refractivity contribution in [3.63, 3.8) is 0 Å². The van der Waals surface area contributed by atoms with Gasteiger partial charge in [-0.05, 0) is 28.1 Å². The molecule has 9 heteroatoms. The number of carbonyl (C=O) groups excluding carboxylic acids is 1. The molecule has 1 heterocycles. The average molecular weight is 389 g/mol. The minimum atomic E-state index is -3.25. The van der Waals surface area contributed by atoms with Gasteiger partial charge in [0.25, 0.3) is 0 Å². The van der Waals surface area contributed by atoms with E-state index in [-0.39, 0.29) is 23.7 Å². The molecule has 1 aliphatic heterocycles. The van der Waals surface area contributed by atoms with E-state index in [0.29, 0.717) is 10.2 Å². The van der Waals surface area contributed by atoms with Gasteiger partial charge in [0, 0.05) is 5.56 Å². The Morgan fingerprint density at radius 1 is 1.33 bits per heavy atom. The smallest absolute Gasteiger partial charge is 0.408 e. The van der Waals surface area contributed by atoms with Crippen LogP contribution in [0.3, 0.4) is 0 Å². The third kappa shape index (κ3) is 3.49. The molecule has 0 spiro atoms. The van der Waals surface area contributed by atoms with Crippen LogP contribution in [0.5, 0.6) is 11.5 Å². The number of carbonyl (C=O) groups is 1. The lowest BCUT2D eigenvalue weighted by atomic mass is 9.98. The normalized spacial score (nSPS) is 19.9. The highest BCUT2D eigenvalue weighted by atomic mass is 79.9. The van der Waals surface area contributed by atoms with E-state index in [1.54, 1.807) is 0 Å². The number of hydrogen-bond donors (Lipinski definition) is 1. The summed E-state index contributed by atoms with van der Waals surface area (Å²) in [5.74, 6) is -2.68. The Morgan fingerprint density at radius 3 is 2.52 bits per heavy atom. The van der Waals surface area contributed by atoms with Crippen LogP contribution in [0, 0.1) is 0 Å². The van der Waals surface area contributed by atoms with Gasteiger partial charge in [-0.1, -0.05) is 0 Å². The topological polar surface area (TPSA) is 56.8 Å². The molecule has 2 rings (SSSR count). The minimum absolute atomic E-state index is 0. The van der Waals surface area contributed by atoms with Crippen LogP contribution in [0.4, 0.5) is 13.6 Å². The number of halogens is 4. The Hall–Kier alpha value is -1.28. The Kier molecular flexibility index (Phi) is 5.63. The van der Waals surface area contributed by atoms with E-state index >= 15 is 0 Å². The quantitative estimate of drug-likeness (QED) is 0.863. The zero-order chi connectivity index (χ0) is 14.9. The maximum atomic E-state index is 13.9. The zero-order valence-corrected chi connectivity index (χ0v) is 13.5. The second kappa shape index (κ2) is 6.65. The minimum Gasteiger partial charge on any atom is -0.496 e. The van der Waals surface area contributed by atoms with E-state index in [4.69, 9.17) is 9.47 Å². The number of benzene rings is 1. The highest BCUT2D eigenvalue weighted by molar-refractivity contribution is 9.10. The van der Waals surface area contributed by atoms with Gasteiger partial charge in [0.15, 0.2) is 6.61 Å². The van der Waals surface area contributed by atoms with E-state index < -0.39 is 24.7 Å². The van der Waals surface area contributed by atoms with Gasteiger partial charge in [0.1, 0.15) is 17.5 Å². The van der Waals surface area contributed by atoms with Crippen molar-refractivity contribution in [2.75, 3.05) is 20.8 Å². The highest BCUT2D eigenvalue weighted by Crippen LogP contribution is 2.42. The summed E-state index contributed by atoms with van der Waals surface area (Å²) in [7, 11) is 2.77. The van der Waals surface area contributed by atoms with Gasteiger partial charge < -0.3 is 19.5 Å². The number of rotatable bonds is 3. The molecule has 1 aliphatic rings. The third-order valence-corrected chi connectivity index (χ3v) is 3.52. The Morgan fingerprint density at radius 2 is 1.95 bits per heavy atom. The summed E-state index contributed by atoms with van der Waals surface area (Å²) in [6, 6.07) is 1.36. The van der Waals surface area contributed by atoms with Gasteiger partial charge in [0.05, 0.1) is 18.7 Å². The molecule has 0 radical (unpaired) electrons.